The van der Waals surface area contributed by atoms with E-state index in [0.717, 1.165) is 34.0 Å². The number of ketones is 1. The van der Waals surface area contributed by atoms with E-state index in [-0.39, 0.29) is 5.78 Å². The molecule has 0 saturated heterocycles. The summed E-state index contributed by atoms with van der Waals surface area (Å²) < 4.78 is 0. The summed E-state index contributed by atoms with van der Waals surface area (Å²) >= 11 is 0. The van der Waals surface area contributed by atoms with Crippen LogP contribution in [-0.2, 0) is 6.42 Å². The highest BCUT2D eigenvalue weighted by Crippen LogP contribution is 2.24. The first kappa shape index (κ1) is 23.8. The number of hydrogen-bond acceptors (Lipinski definition) is 2. The molecule has 0 aliphatic heterocycles. The molecule has 4 aromatic rings. The van der Waals surface area contributed by atoms with Crippen molar-refractivity contribution in [2.45, 2.75) is 20.3 Å². The summed E-state index contributed by atoms with van der Waals surface area (Å²) in [7, 11) is 1.68. The first-order valence-corrected chi connectivity index (χ1v) is 11.7. The van der Waals surface area contributed by atoms with Gasteiger partial charge in [0, 0.05) is 23.9 Å². The van der Waals surface area contributed by atoms with E-state index in [1.54, 1.807) is 7.05 Å². The summed E-state index contributed by atoms with van der Waals surface area (Å²) in [6, 6.07) is 32.3. The first-order valence-electron chi connectivity index (χ1n) is 11.7. The SMILES string of the molecule is CN=CN=C(Nc1ccccc1Cc1ccccc1)/C(C)=C(/C)C(=O)c1cccc2ccccc12. The normalized spacial score (nSPS) is 12.6. The number of fused-ring (bicyclic) bond motifs is 1. The summed E-state index contributed by atoms with van der Waals surface area (Å²) in [6.45, 7) is 3.78. The van der Waals surface area contributed by atoms with Crippen molar-refractivity contribution in [1.82, 2.24) is 0 Å². The second-order valence-corrected chi connectivity index (χ2v) is 8.40. The molecule has 0 saturated carbocycles. The van der Waals surface area contributed by atoms with E-state index in [2.05, 4.69) is 33.5 Å². The Morgan fingerprint density at radius 2 is 1.49 bits per heavy atom. The standard InChI is InChI=1S/C31H29N3O/c1-22(30(35)28-18-11-16-25-14-7-9-17-27(25)28)23(2)31(33-21-32-3)34-29-19-10-8-15-26(29)20-24-12-5-4-6-13-24/h4-19,21H,20H2,1-3H3,(H,32,33,34)/b23-22-. The molecule has 4 aromatic carbocycles. The number of nitrogens with zero attached hydrogens (tertiary/aromatic N) is 2. The van der Waals surface area contributed by atoms with Crippen molar-refractivity contribution >= 4 is 34.4 Å². The van der Waals surface area contributed by atoms with Crippen LogP contribution in [-0.4, -0.2) is 25.0 Å². The fourth-order valence-corrected chi connectivity index (χ4v) is 4.05. The van der Waals surface area contributed by atoms with E-state index in [1.807, 2.05) is 92.7 Å². The number of benzene rings is 4. The van der Waals surface area contributed by atoms with E-state index >= 15 is 0 Å². The molecule has 0 spiro atoms. The molecule has 0 bridgehead atoms. The van der Waals surface area contributed by atoms with Crippen LogP contribution in [0, 0.1) is 0 Å². The molecular formula is C31H29N3O. The Balaban J connectivity index is 1.69. The molecule has 35 heavy (non-hydrogen) atoms. The van der Waals surface area contributed by atoms with Gasteiger partial charge in [-0.2, -0.15) is 0 Å². The zero-order chi connectivity index (χ0) is 24.6. The minimum Gasteiger partial charge on any atom is -0.340 e. The molecule has 0 radical (unpaired) electrons. The zero-order valence-corrected chi connectivity index (χ0v) is 20.3. The average Bonchev–Trinajstić information content (AvgIpc) is 2.91. The maximum atomic E-state index is 13.6. The van der Waals surface area contributed by atoms with E-state index in [0.29, 0.717) is 17.0 Å². The Bertz CT molecular complexity index is 1430. The third-order valence-corrected chi connectivity index (χ3v) is 6.10. The number of aliphatic imine (C=N–C) groups is 2. The van der Waals surface area contributed by atoms with Gasteiger partial charge < -0.3 is 5.32 Å². The van der Waals surface area contributed by atoms with Gasteiger partial charge in [-0.1, -0.05) is 91.0 Å². The van der Waals surface area contributed by atoms with Crippen LogP contribution >= 0.6 is 0 Å². The minimum absolute atomic E-state index is 0.0141. The van der Waals surface area contributed by atoms with Crippen LogP contribution in [0.5, 0.6) is 0 Å². The van der Waals surface area contributed by atoms with Crippen molar-refractivity contribution in [3.05, 3.63) is 125 Å². The Hall–Kier alpha value is -4.31. The van der Waals surface area contributed by atoms with Crippen molar-refractivity contribution in [2.24, 2.45) is 9.98 Å². The maximum Gasteiger partial charge on any atom is 0.189 e. The van der Waals surface area contributed by atoms with E-state index in [9.17, 15) is 4.79 Å². The van der Waals surface area contributed by atoms with Crippen LogP contribution in [0.2, 0.25) is 0 Å². The van der Waals surface area contributed by atoms with Gasteiger partial charge >= 0.3 is 0 Å². The highest BCUT2D eigenvalue weighted by Gasteiger charge is 2.17. The van der Waals surface area contributed by atoms with Crippen molar-refractivity contribution < 1.29 is 4.79 Å². The largest absolute Gasteiger partial charge is 0.340 e. The van der Waals surface area contributed by atoms with E-state index in [4.69, 9.17) is 0 Å². The van der Waals surface area contributed by atoms with Gasteiger partial charge in [-0.15, -0.1) is 0 Å². The molecule has 0 atom stereocenters. The van der Waals surface area contributed by atoms with Gasteiger partial charge in [0.15, 0.2) is 5.78 Å². The number of para-hydroxylation sites is 1. The van der Waals surface area contributed by atoms with Crippen LogP contribution in [0.1, 0.15) is 35.3 Å². The molecule has 0 aliphatic carbocycles. The molecular weight excluding hydrogens is 430 g/mol. The maximum absolute atomic E-state index is 13.6. The van der Waals surface area contributed by atoms with E-state index < -0.39 is 0 Å². The number of rotatable bonds is 7. The molecule has 0 unspecified atom stereocenters. The van der Waals surface area contributed by atoms with Gasteiger partial charge in [0.05, 0.1) is 0 Å². The van der Waals surface area contributed by atoms with Gasteiger partial charge in [-0.3, -0.25) is 9.79 Å². The smallest absolute Gasteiger partial charge is 0.189 e. The quantitative estimate of drug-likeness (QED) is 0.138. The Kier molecular flexibility index (Phi) is 7.63. The fraction of sp³-hybridized carbons (Fsp3) is 0.129. The lowest BCUT2D eigenvalue weighted by atomic mass is 9.95. The molecule has 4 rings (SSSR count). The summed E-state index contributed by atoms with van der Waals surface area (Å²) in [5, 5.41) is 5.47. The van der Waals surface area contributed by atoms with Crippen molar-refractivity contribution in [3.8, 4) is 0 Å². The molecule has 0 fully saturated rings. The molecule has 4 heteroatoms. The molecule has 0 aliphatic rings. The third kappa shape index (κ3) is 5.61. The second-order valence-electron chi connectivity index (χ2n) is 8.40. The highest BCUT2D eigenvalue weighted by atomic mass is 16.1. The first-order chi connectivity index (χ1) is 17.1. The highest BCUT2D eigenvalue weighted by molar-refractivity contribution is 6.21. The molecule has 174 valence electrons. The summed E-state index contributed by atoms with van der Waals surface area (Å²) in [6.07, 6.45) is 2.29. The van der Waals surface area contributed by atoms with Gasteiger partial charge in [0.25, 0.3) is 0 Å². The van der Waals surface area contributed by atoms with Crippen LogP contribution in [0.4, 0.5) is 5.69 Å². The zero-order valence-electron chi connectivity index (χ0n) is 20.3. The summed E-state index contributed by atoms with van der Waals surface area (Å²) in [5.74, 6) is 0.585. The lowest BCUT2D eigenvalue weighted by Gasteiger charge is -2.16. The number of nitrogens with one attached hydrogen (secondary N) is 1. The lowest BCUT2D eigenvalue weighted by molar-refractivity contribution is 0.103. The average molecular weight is 460 g/mol. The number of Topliss-reactive ketones (excluding diaryl/α,β-unsaturated/α-hetero) is 1. The number of carbonyl (C=O) groups is 1. The number of amidine groups is 1. The predicted octanol–water partition coefficient (Wildman–Crippen LogP) is 7.12. The lowest BCUT2D eigenvalue weighted by Crippen LogP contribution is -2.18. The fourth-order valence-electron chi connectivity index (χ4n) is 4.05. The summed E-state index contributed by atoms with van der Waals surface area (Å²) in [4.78, 5) is 22.1. The number of carbonyl (C=O) groups excluding carboxylic acids is 1. The monoisotopic (exact) mass is 459 g/mol. The Labute approximate surface area is 206 Å². The summed E-state index contributed by atoms with van der Waals surface area (Å²) in [5.41, 5.74) is 5.42. The molecule has 1 N–H and O–H groups in total. The van der Waals surface area contributed by atoms with Crippen LogP contribution in [0.3, 0.4) is 0 Å². The van der Waals surface area contributed by atoms with Gasteiger partial charge in [0.1, 0.15) is 12.2 Å². The van der Waals surface area contributed by atoms with Crippen LogP contribution in [0.15, 0.2) is 118 Å². The minimum atomic E-state index is -0.0141. The van der Waals surface area contributed by atoms with Crippen LogP contribution < -0.4 is 5.32 Å². The molecule has 0 heterocycles. The number of anilines is 1. The van der Waals surface area contributed by atoms with Gasteiger partial charge in [-0.05, 0) is 53.8 Å². The number of hydrogen-bond donors (Lipinski definition) is 1. The second kappa shape index (κ2) is 11.2. The van der Waals surface area contributed by atoms with Crippen molar-refractivity contribution in [1.29, 1.82) is 0 Å². The third-order valence-electron chi connectivity index (χ3n) is 6.10. The van der Waals surface area contributed by atoms with Crippen molar-refractivity contribution in [2.75, 3.05) is 12.4 Å². The molecule has 0 aromatic heterocycles. The predicted molar refractivity (Wildman–Crippen MR) is 148 cm³/mol. The molecule has 0 amide bonds. The Morgan fingerprint density at radius 1 is 0.800 bits per heavy atom. The van der Waals surface area contributed by atoms with Gasteiger partial charge in [0.2, 0.25) is 0 Å². The van der Waals surface area contributed by atoms with E-state index in [1.165, 1.54) is 11.9 Å². The van der Waals surface area contributed by atoms with Crippen molar-refractivity contribution in [3.63, 3.8) is 0 Å². The molecule has 4 nitrogen and oxygen atoms in total. The Morgan fingerprint density at radius 3 is 2.29 bits per heavy atom. The topological polar surface area (TPSA) is 53.8 Å². The van der Waals surface area contributed by atoms with Crippen LogP contribution in [0.25, 0.3) is 10.8 Å². The van der Waals surface area contributed by atoms with Gasteiger partial charge in [-0.25, -0.2) is 4.99 Å². The number of allylic oxidation sites excluding steroid dienone is 1.